The van der Waals surface area contributed by atoms with Crippen molar-refractivity contribution in [2.24, 2.45) is 5.73 Å². The molecule has 84 heavy (non-hydrogen) atoms. The maximum atomic E-state index is 11.6. The topological polar surface area (TPSA) is 561 Å². The second kappa shape index (κ2) is 29.9. The van der Waals surface area contributed by atoms with Crippen LogP contribution in [0.5, 0.6) is 28.7 Å². The number of aromatic hydroxyl groups is 3. The number of nitro benzene ring substituents is 1. The number of benzene rings is 5. The fourth-order valence-electron chi connectivity index (χ4n) is 6.13. The van der Waals surface area contributed by atoms with E-state index < -0.39 is 4.92 Å². The summed E-state index contributed by atoms with van der Waals surface area (Å²) in [6, 6.07) is 28.4. The van der Waals surface area contributed by atoms with Crippen molar-refractivity contribution in [2.45, 2.75) is 0 Å². The highest BCUT2D eigenvalue weighted by atomic mass is 35.5. The maximum Gasteiger partial charge on any atom is 0.295 e. The summed E-state index contributed by atoms with van der Waals surface area (Å²) in [5.41, 5.74) is 35.3. The second-order valence-electron chi connectivity index (χ2n) is 15.7. The summed E-state index contributed by atoms with van der Waals surface area (Å²) in [4.78, 5) is 67.0. The minimum absolute atomic E-state index is 0.0475. The van der Waals surface area contributed by atoms with Gasteiger partial charge in [-0.25, -0.2) is 19.9 Å². The molecule has 4 aromatic carbocycles. The van der Waals surface area contributed by atoms with E-state index in [0.29, 0.717) is 65.9 Å². The summed E-state index contributed by atoms with van der Waals surface area (Å²) in [6.45, 7) is 0. The van der Waals surface area contributed by atoms with Crippen molar-refractivity contribution in [2.75, 3.05) is 42.8 Å². The lowest BCUT2D eigenvalue weighted by molar-refractivity contribution is -0.384. The molecule has 19 N–H and O–H groups in total. The summed E-state index contributed by atoms with van der Waals surface area (Å²) in [5.74, 6) is 0.979. The lowest BCUT2D eigenvalue weighted by Gasteiger charge is -2.07. The molecule has 11 rings (SSSR count). The first-order valence-corrected chi connectivity index (χ1v) is 23.5. The van der Waals surface area contributed by atoms with Crippen LogP contribution >= 0.6 is 11.6 Å². The highest BCUT2D eigenvalue weighted by Gasteiger charge is 2.12. The molecule has 0 saturated heterocycles. The number of nitro groups is 1. The van der Waals surface area contributed by atoms with Crippen LogP contribution in [0.25, 0.3) is 44.5 Å². The van der Waals surface area contributed by atoms with E-state index in [9.17, 15) is 29.7 Å². The number of phenols is 3. The molecule has 0 spiro atoms. The first-order chi connectivity index (χ1) is 40.1. The molecule has 0 bridgehead atoms. The van der Waals surface area contributed by atoms with Crippen LogP contribution in [0.4, 0.5) is 35.2 Å². The van der Waals surface area contributed by atoms with E-state index in [1.165, 1.54) is 80.1 Å². The molecule has 6 heterocycles. The molecule has 1 aliphatic carbocycles. The van der Waals surface area contributed by atoms with E-state index in [0.717, 1.165) is 12.4 Å². The number of rotatable bonds is 5. The Morgan fingerprint density at radius 3 is 1.57 bits per heavy atom. The van der Waals surface area contributed by atoms with E-state index in [-0.39, 0.29) is 81.0 Å². The molecule has 34 nitrogen and oxygen atoms in total. The van der Waals surface area contributed by atoms with Crippen molar-refractivity contribution >= 4 is 98.0 Å². The molecule has 0 radical (unpaired) electrons. The number of aromatic nitrogens is 14. The van der Waals surface area contributed by atoms with Gasteiger partial charge in [0.25, 0.3) is 17.5 Å². The van der Waals surface area contributed by atoms with Gasteiger partial charge in [0, 0.05) is 61.8 Å². The highest BCUT2D eigenvalue weighted by Crippen LogP contribution is 2.26. The number of halogens is 1. The van der Waals surface area contributed by atoms with Crippen molar-refractivity contribution in [3.05, 3.63) is 164 Å². The Kier molecular flexibility index (Phi) is 22.2. The van der Waals surface area contributed by atoms with E-state index in [4.69, 9.17) is 65.7 Å². The number of phenolic OH excluding ortho intramolecular Hbond substituents is 3. The standard InChI is InChI=1S/C14H12N6O2.C7H7ClN2O.C7H6N4O2.2C7H6N4O.C6H6N2O3.CH4N2/c1-16-13(21)12-7-9(4-5-17-12)22-8-2-3-10-11(6-8)19-20-14(15)18-10;1-9-7(11)6-4-5(8)2-3-10-6;8-7-9-5-2-1-4(12)3-6(5)11(13)10-7;2*8-7-9-5-2-1-4(12)3-6(5)10-11-7;7-5-2-1-4(9)3-6(5)8(10)11;2-1-3/h2-7H,1H3,(H,16,21)(H2,15,18,20);2-4H,1H3,(H,9,11);1-3,13H,(H2,8,10);2*1-3,12H,(H2,8,9,11);1-3,9H,7H2;1H,(H3,2,3). The van der Waals surface area contributed by atoms with Gasteiger partial charge in [0.05, 0.1) is 39.6 Å². The normalized spacial score (nSPS) is 9.89. The third-order valence-electron chi connectivity index (χ3n) is 9.76. The average Bonchev–Trinajstić information content (AvgIpc) is 3.61. The third kappa shape index (κ3) is 18.8. The molecular weight excluding hydrogens is 1120 g/mol. The van der Waals surface area contributed by atoms with Crippen LogP contribution in [0, 0.1) is 15.5 Å². The number of carbonyl (C=O) groups is 2. The van der Waals surface area contributed by atoms with Crippen LogP contribution in [-0.4, -0.2) is 128 Å². The molecule has 1 aliphatic heterocycles. The number of nitrogens with one attached hydrogen (secondary N) is 3. The summed E-state index contributed by atoms with van der Waals surface area (Å²) in [5, 5.41) is 83.4. The molecule has 0 unspecified atom stereocenters. The number of fused-ring (bicyclic) bond motifs is 4. The lowest BCUT2D eigenvalue weighted by atomic mass is 10.2. The maximum absolute atomic E-state index is 11.6. The predicted octanol–water partition coefficient (Wildman–Crippen LogP) is 2.87. The number of anilines is 5. The first kappa shape index (κ1) is 62.2. The van der Waals surface area contributed by atoms with Crippen molar-refractivity contribution in [1.29, 1.82) is 5.41 Å². The minimum Gasteiger partial charge on any atom is -0.508 e. The molecule has 430 valence electrons. The van der Waals surface area contributed by atoms with Gasteiger partial charge in [-0.2, -0.15) is 0 Å². The lowest BCUT2D eigenvalue weighted by Crippen LogP contribution is -2.18. The van der Waals surface area contributed by atoms with Gasteiger partial charge in [-0.05, 0) is 78.9 Å². The van der Waals surface area contributed by atoms with Gasteiger partial charge in [-0.15, -0.1) is 30.6 Å². The number of nitrogens with zero attached hydrogens (tertiary/aromatic N) is 15. The predicted molar refractivity (Wildman–Crippen MR) is 306 cm³/mol. The van der Waals surface area contributed by atoms with Gasteiger partial charge < -0.3 is 70.3 Å². The van der Waals surface area contributed by atoms with E-state index >= 15 is 0 Å². The Hall–Kier alpha value is -12.6. The van der Waals surface area contributed by atoms with Gasteiger partial charge in [0.15, 0.2) is 5.43 Å². The number of carbonyl (C=O) groups excluding carboxylic acids is 2. The van der Waals surface area contributed by atoms with Crippen LogP contribution < -0.4 is 55.2 Å². The second-order valence-corrected chi connectivity index (χ2v) is 16.1. The molecule has 2 amide bonds. The quantitative estimate of drug-likeness (QED) is 0.0224. The zero-order valence-electron chi connectivity index (χ0n) is 43.5. The molecule has 35 heteroatoms. The average molecular weight is 1170 g/mol. The van der Waals surface area contributed by atoms with Crippen LogP contribution in [0.3, 0.4) is 0 Å². The van der Waals surface area contributed by atoms with Gasteiger partial charge >= 0.3 is 0 Å². The van der Waals surface area contributed by atoms with Gasteiger partial charge in [-0.1, -0.05) is 21.5 Å². The summed E-state index contributed by atoms with van der Waals surface area (Å²) in [7, 11) is 3.09. The molecule has 2 aliphatic rings. The van der Waals surface area contributed by atoms with Crippen LogP contribution in [0.1, 0.15) is 21.0 Å². The van der Waals surface area contributed by atoms with E-state index in [1.807, 2.05) is 0 Å². The Bertz CT molecular complexity index is 3960. The molecule has 0 saturated carbocycles. The van der Waals surface area contributed by atoms with Crippen molar-refractivity contribution in [1.82, 2.24) is 81.1 Å². The van der Waals surface area contributed by atoms with Crippen molar-refractivity contribution in [3.8, 4) is 40.1 Å². The van der Waals surface area contributed by atoms with Gasteiger partial charge in [-0.3, -0.25) is 39.9 Å². The number of hydrogen-bond donors (Lipinski definition) is 13. The number of nitrogens with two attached hydrogens (primary N) is 6. The zero-order chi connectivity index (χ0) is 61.5. The summed E-state index contributed by atoms with van der Waals surface area (Å²) < 4.78 is 5.71. The van der Waals surface area contributed by atoms with Crippen LogP contribution in [0.2, 0.25) is 5.02 Å². The SMILES string of the molecule is CNC(=O)c1cc(Cl)ccn1.CNC(=O)c1cc(Oc2ccc3nc(N)nnc3c2)ccn1.N=CN.Nc1ccc(O)cc1[N+](=O)[O-].Nc1nc2ccc(=O)cc-2n(O)n1.Nc1nnc2cc(O)ccc2n1.Nc1nnc2cc(O)ccc2n1. The molecule has 0 atom stereocenters. The van der Waals surface area contributed by atoms with Crippen LogP contribution in [0.15, 0.2) is 132 Å². The van der Waals surface area contributed by atoms with Gasteiger partial charge in [0.2, 0.25) is 23.8 Å². The molecule has 9 aromatic rings. The van der Waals surface area contributed by atoms with Crippen molar-refractivity contribution in [3.63, 3.8) is 0 Å². The fraction of sp³-hybridized carbons (Fsp3) is 0.0408. The summed E-state index contributed by atoms with van der Waals surface area (Å²) in [6.07, 6.45) is 3.75. The smallest absolute Gasteiger partial charge is 0.295 e. The summed E-state index contributed by atoms with van der Waals surface area (Å²) >= 11 is 5.63. The third-order valence-corrected chi connectivity index (χ3v) is 10.00. The Morgan fingerprint density at radius 2 is 1.07 bits per heavy atom. The van der Waals surface area contributed by atoms with E-state index in [1.54, 1.807) is 55.6 Å². The minimum atomic E-state index is -0.644. The van der Waals surface area contributed by atoms with Gasteiger partial charge in [0.1, 0.15) is 68.1 Å². The first-order valence-electron chi connectivity index (χ1n) is 23.2. The number of amides is 2. The number of ether oxygens (including phenoxy) is 1. The fourth-order valence-corrected chi connectivity index (χ4v) is 6.29. The number of hydrogen-bond acceptors (Lipinski definition) is 29. The Balaban J connectivity index is 0.000000186. The van der Waals surface area contributed by atoms with E-state index in [2.05, 4.69) is 82.0 Å². The van der Waals surface area contributed by atoms with Crippen LogP contribution in [-0.2, 0) is 0 Å². The Morgan fingerprint density at radius 1 is 0.607 bits per heavy atom. The van der Waals surface area contributed by atoms with Crippen molar-refractivity contribution < 1.29 is 39.8 Å². The largest absolute Gasteiger partial charge is 0.508 e. The monoisotopic (exact) mass is 1170 g/mol. The molecule has 5 aromatic heterocycles. The highest BCUT2D eigenvalue weighted by molar-refractivity contribution is 6.30. The molecule has 0 fully saturated rings. The number of nitrogen functional groups attached to an aromatic ring is 5. The Labute approximate surface area is 475 Å². The number of pyridine rings is 2. The molecular formula is C49H47ClN24O10. The zero-order valence-corrected chi connectivity index (χ0v) is 44.2.